The SMILES string of the molecule is CC(NC(=O)C1CCCN1C(=O)OC(C)(C)C)c1ccc(F)c(F)c1. The zero-order chi connectivity index (χ0) is 18.8. The van der Waals surface area contributed by atoms with Crippen LogP contribution < -0.4 is 5.32 Å². The van der Waals surface area contributed by atoms with E-state index in [2.05, 4.69) is 5.32 Å². The summed E-state index contributed by atoms with van der Waals surface area (Å²) in [5.41, 5.74) is -0.186. The van der Waals surface area contributed by atoms with Crippen molar-refractivity contribution in [3.63, 3.8) is 0 Å². The molecule has 0 radical (unpaired) electrons. The lowest BCUT2D eigenvalue weighted by molar-refractivity contribution is -0.126. The van der Waals surface area contributed by atoms with Gasteiger partial charge in [-0.2, -0.15) is 0 Å². The van der Waals surface area contributed by atoms with Crippen molar-refractivity contribution in [2.75, 3.05) is 6.54 Å². The molecule has 1 aliphatic rings. The fourth-order valence-electron chi connectivity index (χ4n) is 2.75. The maximum Gasteiger partial charge on any atom is 0.410 e. The molecule has 1 N–H and O–H groups in total. The van der Waals surface area contributed by atoms with E-state index in [1.165, 1.54) is 11.0 Å². The van der Waals surface area contributed by atoms with E-state index in [9.17, 15) is 18.4 Å². The molecule has 2 atom stereocenters. The number of rotatable bonds is 3. The summed E-state index contributed by atoms with van der Waals surface area (Å²) in [6.07, 6.45) is 0.720. The lowest BCUT2D eigenvalue weighted by Crippen LogP contribution is -2.48. The second kappa shape index (κ2) is 7.37. The second-order valence-corrected chi connectivity index (χ2v) is 7.24. The minimum absolute atomic E-state index is 0.333. The van der Waals surface area contributed by atoms with Gasteiger partial charge in [0, 0.05) is 6.54 Å². The Hall–Kier alpha value is -2.18. The van der Waals surface area contributed by atoms with Crippen LogP contribution in [0.25, 0.3) is 0 Å². The molecule has 1 fully saturated rings. The van der Waals surface area contributed by atoms with E-state index in [4.69, 9.17) is 4.74 Å². The molecule has 1 heterocycles. The van der Waals surface area contributed by atoms with Crippen molar-refractivity contribution in [1.82, 2.24) is 10.2 Å². The average molecular weight is 354 g/mol. The molecule has 0 bridgehead atoms. The van der Waals surface area contributed by atoms with E-state index in [0.29, 0.717) is 24.9 Å². The first-order valence-corrected chi connectivity index (χ1v) is 8.33. The summed E-state index contributed by atoms with van der Waals surface area (Å²) in [4.78, 5) is 26.2. The molecular weight excluding hydrogens is 330 g/mol. The number of nitrogens with zero attached hydrogens (tertiary/aromatic N) is 1. The third-order valence-electron chi connectivity index (χ3n) is 3.99. The number of likely N-dealkylation sites (tertiary alicyclic amines) is 1. The van der Waals surface area contributed by atoms with E-state index in [-0.39, 0.29) is 5.91 Å². The van der Waals surface area contributed by atoms with Crippen LogP contribution in [0.15, 0.2) is 18.2 Å². The van der Waals surface area contributed by atoms with Crippen molar-refractivity contribution in [3.8, 4) is 0 Å². The van der Waals surface area contributed by atoms with Gasteiger partial charge in [0.2, 0.25) is 5.91 Å². The van der Waals surface area contributed by atoms with E-state index >= 15 is 0 Å². The van der Waals surface area contributed by atoms with Crippen LogP contribution in [0.5, 0.6) is 0 Å². The molecule has 1 saturated heterocycles. The minimum atomic E-state index is -0.963. The van der Waals surface area contributed by atoms with Gasteiger partial charge in [-0.15, -0.1) is 0 Å². The molecule has 1 aromatic carbocycles. The summed E-state index contributed by atoms with van der Waals surface area (Å²) in [5.74, 6) is -2.23. The minimum Gasteiger partial charge on any atom is -0.444 e. The van der Waals surface area contributed by atoms with Gasteiger partial charge in [-0.1, -0.05) is 6.07 Å². The highest BCUT2D eigenvalue weighted by molar-refractivity contribution is 5.86. The Bertz CT molecular complexity index is 658. The summed E-state index contributed by atoms with van der Waals surface area (Å²) in [7, 11) is 0. The van der Waals surface area contributed by atoms with E-state index in [0.717, 1.165) is 12.1 Å². The molecule has 2 amide bonds. The Kier molecular flexibility index (Phi) is 5.65. The van der Waals surface area contributed by atoms with Gasteiger partial charge in [-0.3, -0.25) is 9.69 Å². The van der Waals surface area contributed by atoms with Crippen molar-refractivity contribution < 1.29 is 23.1 Å². The molecular formula is C18H24F2N2O3. The standard InChI is InChI=1S/C18H24F2N2O3/c1-11(12-7-8-13(19)14(20)10-12)21-16(23)15-6-5-9-22(15)17(24)25-18(2,3)4/h7-8,10-11,15H,5-6,9H2,1-4H3,(H,21,23). The summed E-state index contributed by atoms with van der Waals surface area (Å²) in [5, 5.41) is 2.75. The molecule has 0 aromatic heterocycles. The maximum absolute atomic E-state index is 13.3. The highest BCUT2D eigenvalue weighted by Gasteiger charge is 2.37. The summed E-state index contributed by atoms with van der Waals surface area (Å²) >= 11 is 0. The fraction of sp³-hybridized carbons (Fsp3) is 0.556. The average Bonchev–Trinajstić information content (AvgIpc) is 2.98. The van der Waals surface area contributed by atoms with Gasteiger partial charge < -0.3 is 10.1 Å². The normalized spacial score (nSPS) is 18.8. The lowest BCUT2D eigenvalue weighted by Gasteiger charge is -2.28. The summed E-state index contributed by atoms with van der Waals surface area (Å²) in [6.45, 7) is 7.42. The van der Waals surface area contributed by atoms with Crippen LogP contribution >= 0.6 is 0 Å². The van der Waals surface area contributed by atoms with Crippen LogP contribution in [-0.4, -0.2) is 35.1 Å². The molecule has 7 heteroatoms. The van der Waals surface area contributed by atoms with Crippen LogP contribution in [0.3, 0.4) is 0 Å². The van der Waals surface area contributed by atoms with Crippen LogP contribution in [-0.2, 0) is 9.53 Å². The molecule has 1 aromatic rings. The number of halogens is 2. The van der Waals surface area contributed by atoms with Crippen molar-refractivity contribution in [3.05, 3.63) is 35.4 Å². The molecule has 138 valence electrons. The van der Waals surface area contributed by atoms with E-state index < -0.39 is 35.4 Å². The topological polar surface area (TPSA) is 58.6 Å². The van der Waals surface area contributed by atoms with E-state index in [1.807, 2.05) is 0 Å². The lowest BCUT2D eigenvalue weighted by atomic mass is 10.1. The monoisotopic (exact) mass is 354 g/mol. The molecule has 0 spiro atoms. The zero-order valence-electron chi connectivity index (χ0n) is 14.9. The van der Waals surface area contributed by atoms with Crippen molar-refractivity contribution in [1.29, 1.82) is 0 Å². The summed E-state index contributed by atoms with van der Waals surface area (Å²) < 4.78 is 31.7. The largest absolute Gasteiger partial charge is 0.444 e. The first kappa shape index (κ1) is 19.1. The predicted octanol–water partition coefficient (Wildman–Crippen LogP) is 3.54. The zero-order valence-corrected chi connectivity index (χ0v) is 14.9. The van der Waals surface area contributed by atoms with Crippen molar-refractivity contribution in [2.24, 2.45) is 0 Å². The Balaban J connectivity index is 2.03. The molecule has 0 aliphatic carbocycles. The Morgan fingerprint density at radius 2 is 1.96 bits per heavy atom. The molecule has 2 rings (SSSR count). The van der Waals surface area contributed by atoms with Gasteiger partial charge in [0.1, 0.15) is 11.6 Å². The van der Waals surface area contributed by atoms with E-state index in [1.54, 1.807) is 27.7 Å². The number of carbonyl (C=O) groups is 2. The van der Waals surface area contributed by atoms with Crippen molar-refractivity contribution in [2.45, 2.75) is 58.2 Å². The molecule has 5 nitrogen and oxygen atoms in total. The number of ether oxygens (including phenoxy) is 1. The van der Waals surface area contributed by atoms with Crippen LogP contribution in [0.4, 0.5) is 13.6 Å². The number of benzene rings is 1. The van der Waals surface area contributed by atoms with Crippen LogP contribution in [0, 0.1) is 11.6 Å². The van der Waals surface area contributed by atoms with Gasteiger partial charge in [-0.05, 0) is 58.2 Å². The Morgan fingerprint density at radius 1 is 1.28 bits per heavy atom. The second-order valence-electron chi connectivity index (χ2n) is 7.24. The highest BCUT2D eigenvalue weighted by Crippen LogP contribution is 2.22. The molecule has 1 aliphatic heterocycles. The first-order chi connectivity index (χ1) is 11.6. The third-order valence-corrected chi connectivity index (χ3v) is 3.99. The highest BCUT2D eigenvalue weighted by atomic mass is 19.2. The maximum atomic E-state index is 13.3. The molecule has 0 saturated carbocycles. The Morgan fingerprint density at radius 3 is 2.56 bits per heavy atom. The third kappa shape index (κ3) is 4.90. The van der Waals surface area contributed by atoms with Crippen molar-refractivity contribution >= 4 is 12.0 Å². The quantitative estimate of drug-likeness (QED) is 0.903. The smallest absolute Gasteiger partial charge is 0.410 e. The van der Waals surface area contributed by atoms with Gasteiger partial charge in [0.05, 0.1) is 6.04 Å². The number of nitrogens with one attached hydrogen (secondary N) is 1. The summed E-state index contributed by atoms with van der Waals surface area (Å²) in [6, 6.07) is 2.37. The number of hydrogen-bond acceptors (Lipinski definition) is 3. The van der Waals surface area contributed by atoms with Gasteiger partial charge in [0.15, 0.2) is 11.6 Å². The fourth-order valence-corrected chi connectivity index (χ4v) is 2.75. The predicted molar refractivity (Wildman–Crippen MR) is 88.9 cm³/mol. The van der Waals surface area contributed by atoms with Gasteiger partial charge in [0.25, 0.3) is 0 Å². The van der Waals surface area contributed by atoms with Gasteiger partial charge in [-0.25, -0.2) is 13.6 Å². The van der Waals surface area contributed by atoms with Crippen LogP contribution in [0.1, 0.15) is 52.1 Å². The number of amides is 2. The first-order valence-electron chi connectivity index (χ1n) is 8.33. The molecule has 2 unspecified atom stereocenters. The molecule has 25 heavy (non-hydrogen) atoms. The van der Waals surface area contributed by atoms with Crippen LogP contribution in [0.2, 0.25) is 0 Å². The van der Waals surface area contributed by atoms with Gasteiger partial charge >= 0.3 is 6.09 Å². The Labute approximate surface area is 146 Å². The number of carbonyl (C=O) groups excluding carboxylic acids is 2. The number of hydrogen-bond donors (Lipinski definition) is 1.